The number of nitrogens with zero attached hydrogens (tertiary/aromatic N) is 1. The summed E-state index contributed by atoms with van der Waals surface area (Å²) in [6, 6.07) is 8.30. The minimum Gasteiger partial charge on any atom is -0.493 e. The molecule has 2 aromatic carbocycles. The number of aromatic nitrogens is 1. The van der Waals surface area contributed by atoms with Crippen LogP contribution >= 0.6 is 11.3 Å². The number of carbonyl (C=O) groups is 2. The van der Waals surface area contributed by atoms with E-state index in [9.17, 15) is 9.59 Å². The fraction of sp³-hybridized carbons (Fsp3) is 0.292. The summed E-state index contributed by atoms with van der Waals surface area (Å²) in [6.45, 7) is 4.14. The maximum atomic E-state index is 13.6. The molecule has 0 aliphatic carbocycles. The zero-order valence-corrected chi connectivity index (χ0v) is 19.9. The number of hydrogen-bond donors (Lipinski definition) is 1. The van der Waals surface area contributed by atoms with E-state index in [-0.39, 0.29) is 23.9 Å². The predicted octanol–water partition coefficient (Wildman–Crippen LogP) is 5.27. The number of benzene rings is 2. The van der Waals surface area contributed by atoms with E-state index in [0.29, 0.717) is 28.5 Å². The maximum Gasteiger partial charge on any atom is 0.411 e. The highest BCUT2D eigenvalue weighted by Crippen LogP contribution is 2.39. The Morgan fingerprint density at radius 2 is 1.73 bits per heavy atom. The van der Waals surface area contributed by atoms with Crippen molar-refractivity contribution in [3.63, 3.8) is 0 Å². The summed E-state index contributed by atoms with van der Waals surface area (Å²) in [5, 5.41) is 5.29. The Kier molecular flexibility index (Phi) is 7.89. The molecule has 33 heavy (non-hydrogen) atoms. The van der Waals surface area contributed by atoms with E-state index in [2.05, 4.69) is 10.3 Å². The molecular weight excluding hydrogens is 444 g/mol. The monoisotopic (exact) mass is 470 g/mol. The van der Waals surface area contributed by atoms with E-state index in [0.717, 1.165) is 10.6 Å². The largest absolute Gasteiger partial charge is 0.493 e. The molecule has 0 aliphatic rings. The Bertz CT molecular complexity index is 1100. The molecule has 0 fully saturated rings. The third-order valence-corrected chi connectivity index (χ3v) is 5.48. The first kappa shape index (κ1) is 24.1. The van der Waals surface area contributed by atoms with Crippen LogP contribution in [-0.2, 0) is 4.74 Å². The average molecular weight is 471 g/mol. The number of ether oxygens (including phenoxy) is 4. The molecule has 3 aromatic rings. The van der Waals surface area contributed by atoms with Crippen LogP contribution in [0.4, 0.5) is 10.5 Å². The molecule has 0 saturated carbocycles. The molecule has 8 nitrogen and oxygen atoms in total. The van der Waals surface area contributed by atoms with Gasteiger partial charge < -0.3 is 18.9 Å². The second-order valence-electron chi connectivity index (χ2n) is 7.46. The molecule has 0 bridgehead atoms. The number of ketones is 1. The molecule has 1 aromatic heterocycles. The van der Waals surface area contributed by atoms with Crippen molar-refractivity contribution in [1.82, 2.24) is 4.98 Å². The Hall–Kier alpha value is -3.59. The number of methoxy groups -OCH3 is 3. The van der Waals surface area contributed by atoms with E-state index >= 15 is 0 Å². The maximum absolute atomic E-state index is 13.6. The van der Waals surface area contributed by atoms with Crippen LogP contribution in [0.25, 0.3) is 10.6 Å². The van der Waals surface area contributed by atoms with Crippen LogP contribution in [0, 0.1) is 5.92 Å². The van der Waals surface area contributed by atoms with Crippen LogP contribution in [0.15, 0.2) is 41.9 Å². The quantitative estimate of drug-likeness (QED) is 0.426. The van der Waals surface area contributed by atoms with Crippen LogP contribution in [0.5, 0.6) is 17.2 Å². The van der Waals surface area contributed by atoms with Crippen LogP contribution in [0.2, 0.25) is 0 Å². The molecule has 3 rings (SSSR count). The number of hydrogen-bond acceptors (Lipinski definition) is 8. The molecule has 9 heteroatoms. The normalized spacial score (nSPS) is 10.6. The Morgan fingerprint density at radius 1 is 1.03 bits per heavy atom. The highest BCUT2D eigenvalue weighted by molar-refractivity contribution is 7.13. The molecule has 1 N–H and O–H groups in total. The minimum absolute atomic E-state index is 0.184. The van der Waals surface area contributed by atoms with Crippen LogP contribution in [0.1, 0.15) is 29.8 Å². The number of rotatable bonds is 9. The van der Waals surface area contributed by atoms with Crippen LogP contribution < -0.4 is 19.5 Å². The highest BCUT2D eigenvalue weighted by atomic mass is 32.1. The van der Waals surface area contributed by atoms with Gasteiger partial charge in [-0.2, -0.15) is 0 Å². The standard InChI is InChI=1S/C24H26N2O6S/c1-14(2)13-32-24(28)26-18-7-6-15(23-25-8-9-33-23)10-17(18)21(27)16-11-19(29-3)22(31-5)20(12-16)30-4/h6-12,14H,13H2,1-5H3,(H,26,28). The number of amides is 1. The minimum atomic E-state index is -0.635. The summed E-state index contributed by atoms with van der Waals surface area (Å²) in [5.74, 6) is 0.920. The number of carbonyl (C=O) groups excluding carboxylic acids is 2. The van der Waals surface area contributed by atoms with Crippen molar-refractivity contribution in [2.75, 3.05) is 33.3 Å². The summed E-state index contributed by atoms with van der Waals surface area (Å²) in [6.07, 6.45) is 1.06. The number of nitrogens with one attached hydrogen (secondary N) is 1. The molecule has 0 aliphatic heterocycles. The molecule has 1 heterocycles. The van der Waals surface area contributed by atoms with Gasteiger partial charge in [-0.15, -0.1) is 11.3 Å². The first-order chi connectivity index (χ1) is 15.9. The highest BCUT2D eigenvalue weighted by Gasteiger charge is 2.22. The molecule has 0 spiro atoms. The predicted molar refractivity (Wildman–Crippen MR) is 127 cm³/mol. The zero-order valence-electron chi connectivity index (χ0n) is 19.1. The van der Waals surface area contributed by atoms with Gasteiger partial charge in [0.1, 0.15) is 5.01 Å². The molecule has 0 unspecified atom stereocenters. The van der Waals surface area contributed by atoms with E-state index < -0.39 is 6.09 Å². The second-order valence-corrected chi connectivity index (χ2v) is 8.35. The summed E-state index contributed by atoms with van der Waals surface area (Å²) in [7, 11) is 4.45. The van der Waals surface area contributed by atoms with Crippen molar-refractivity contribution < 1.29 is 28.5 Å². The Labute approximate surface area is 196 Å². The molecule has 0 atom stereocenters. The summed E-state index contributed by atoms with van der Waals surface area (Å²) >= 11 is 1.45. The lowest BCUT2D eigenvalue weighted by molar-refractivity contribution is 0.103. The summed E-state index contributed by atoms with van der Waals surface area (Å²) < 4.78 is 21.3. The summed E-state index contributed by atoms with van der Waals surface area (Å²) in [5.41, 5.74) is 1.66. The van der Waals surface area contributed by atoms with E-state index in [1.54, 1.807) is 36.5 Å². The Morgan fingerprint density at radius 3 is 2.27 bits per heavy atom. The van der Waals surface area contributed by atoms with Gasteiger partial charge in [0.25, 0.3) is 0 Å². The third kappa shape index (κ3) is 5.61. The molecule has 174 valence electrons. The van der Waals surface area contributed by atoms with Crippen LogP contribution in [0.3, 0.4) is 0 Å². The van der Waals surface area contributed by atoms with Gasteiger partial charge in [-0.05, 0) is 36.2 Å². The fourth-order valence-corrected chi connectivity index (χ4v) is 3.73. The van der Waals surface area contributed by atoms with Gasteiger partial charge in [0, 0.05) is 28.3 Å². The van der Waals surface area contributed by atoms with Crippen LogP contribution in [-0.4, -0.2) is 44.8 Å². The van der Waals surface area contributed by atoms with Gasteiger partial charge in [0.05, 0.1) is 33.6 Å². The lowest BCUT2D eigenvalue weighted by atomic mass is 9.98. The van der Waals surface area contributed by atoms with Crippen molar-refractivity contribution in [2.24, 2.45) is 5.92 Å². The lowest BCUT2D eigenvalue weighted by Gasteiger charge is -2.16. The molecule has 1 amide bonds. The number of anilines is 1. The van der Waals surface area contributed by atoms with Crippen molar-refractivity contribution in [3.05, 3.63) is 53.0 Å². The van der Waals surface area contributed by atoms with Gasteiger partial charge in [0.2, 0.25) is 5.75 Å². The fourth-order valence-electron chi connectivity index (χ4n) is 3.10. The first-order valence-corrected chi connectivity index (χ1v) is 11.1. The van der Waals surface area contributed by atoms with Gasteiger partial charge >= 0.3 is 6.09 Å². The molecule has 0 radical (unpaired) electrons. The first-order valence-electron chi connectivity index (χ1n) is 10.2. The zero-order chi connectivity index (χ0) is 24.0. The van der Waals surface area contributed by atoms with Gasteiger partial charge in [0.15, 0.2) is 17.3 Å². The van der Waals surface area contributed by atoms with Crippen molar-refractivity contribution in [2.45, 2.75) is 13.8 Å². The SMILES string of the molecule is COc1cc(C(=O)c2cc(-c3nccs3)ccc2NC(=O)OCC(C)C)cc(OC)c1OC. The molecular formula is C24H26N2O6S. The van der Waals surface area contributed by atoms with Crippen molar-refractivity contribution in [1.29, 1.82) is 0 Å². The number of thiazole rings is 1. The molecule has 0 saturated heterocycles. The van der Waals surface area contributed by atoms with E-state index in [4.69, 9.17) is 18.9 Å². The smallest absolute Gasteiger partial charge is 0.411 e. The third-order valence-electron chi connectivity index (χ3n) is 4.65. The van der Waals surface area contributed by atoms with Crippen molar-refractivity contribution in [3.8, 4) is 27.8 Å². The average Bonchev–Trinajstić information content (AvgIpc) is 3.36. The van der Waals surface area contributed by atoms with Gasteiger partial charge in [-0.25, -0.2) is 9.78 Å². The summed E-state index contributed by atoms with van der Waals surface area (Å²) in [4.78, 5) is 30.2. The van der Waals surface area contributed by atoms with Gasteiger partial charge in [-0.3, -0.25) is 10.1 Å². The van der Waals surface area contributed by atoms with Crippen molar-refractivity contribution >= 4 is 28.9 Å². The van der Waals surface area contributed by atoms with Gasteiger partial charge in [-0.1, -0.05) is 13.8 Å². The second kappa shape index (κ2) is 10.8. The lowest BCUT2D eigenvalue weighted by Crippen LogP contribution is -2.18. The van der Waals surface area contributed by atoms with E-state index in [1.807, 2.05) is 19.2 Å². The van der Waals surface area contributed by atoms with E-state index in [1.165, 1.54) is 32.7 Å². The topological polar surface area (TPSA) is 96.0 Å². The Balaban J connectivity index is 2.05.